The highest BCUT2D eigenvalue weighted by molar-refractivity contribution is 7.22. The summed E-state index contributed by atoms with van der Waals surface area (Å²) in [6, 6.07) is 13.9. The van der Waals surface area contributed by atoms with Gasteiger partial charge < -0.3 is 10.1 Å². The van der Waals surface area contributed by atoms with Crippen LogP contribution >= 0.6 is 11.3 Å². The van der Waals surface area contributed by atoms with Crippen LogP contribution in [0.1, 0.15) is 30.9 Å². The fourth-order valence-corrected chi connectivity index (χ4v) is 3.41. The number of hydrogen-bond acceptors (Lipinski definition) is 4. The number of nitrogens with zero attached hydrogens (tertiary/aromatic N) is 1. The molecule has 0 spiro atoms. The van der Waals surface area contributed by atoms with Crippen molar-refractivity contribution in [1.29, 1.82) is 0 Å². The lowest BCUT2D eigenvalue weighted by Gasteiger charge is -2.06. The van der Waals surface area contributed by atoms with Gasteiger partial charge in [0.25, 0.3) is 0 Å². The van der Waals surface area contributed by atoms with Crippen LogP contribution in [0.3, 0.4) is 0 Å². The van der Waals surface area contributed by atoms with Gasteiger partial charge in [-0.3, -0.25) is 4.79 Å². The molecule has 0 atom stereocenters. The fraction of sp³-hybridized carbons (Fsp3) is 0.263. The Balaban J connectivity index is 1.70. The van der Waals surface area contributed by atoms with Crippen molar-refractivity contribution in [2.75, 3.05) is 12.4 Å². The zero-order valence-electron chi connectivity index (χ0n) is 14.0. The van der Waals surface area contributed by atoms with Crippen LogP contribution in [0.2, 0.25) is 0 Å². The first kappa shape index (κ1) is 16.5. The number of benzene rings is 2. The Kier molecular flexibility index (Phi) is 4.81. The Morgan fingerprint density at radius 3 is 2.62 bits per heavy atom. The summed E-state index contributed by atoms with van der Waals surface area (Å²) in [4.78, 5) is 16.7. The number of hydrogen-bond donors (Lipinski definition) is 1. The third-order valence-electron chi connectivity index (χ3n) is 3.86. The molecule has 0 bridgehead atoms. The van der Waals surface area contributed by atoms with E-state index in [2.05, 4.69) is 36.3 Å². The molecule has 0 saturated carbocycles. The predicted octanol–water partition coefficient (Wildman–Crippen LogP) is 4.61. The molecule has 0 unspecified atom stereocenters. The molecule has 1 amide bonds. The van der Waals surface area contributed by atoms with Crippen molar-refractivity contribution in [3.8, 4) is 5.75 Å². The van der Waals surface area contributed by atoms with E-state index in [0.29, 0.717) is 23.2 Å². The van der Waals surface area contributed by atoms with E-state index in [9.17, 15) is 4.79 Å². The van der Waals surface area contributed by atoms with Crippen LogP contribution in [0.25, 0.3) is 10.2 Å². The zero-order chi connectivity index (χ0) is 17.1. The third kappa shape index (κ3) is 3.57. The molecule has 4 nitrogen and oxygen atoms in total. The number of thiazole rings is 1. The van der Waals surface area contributed by atoms with Gasteiger partial charge in [0.2, 0.25) is 5.91 Å². The van der Waals surface area contributed by atoms with Crippen LogP contribution in [-0.4, -0.2) is 18.0 Å². The Hall–Kier alpha value is -2.40. The molecule has 0 radical (unpaired) electrons. The summed E-state index contributed by atoms with van der Waals surface area (Å²) >= 11 is 1.45. The van der Waals surface area contributed by atoms with Crippen molar-refractivity contribution in [3.05, 3.63) is 53.6 Å². The quantitative estimate of drug-likeness (QED) is 0.738. The van der Waals surface area contributed by atoms with Gasteiger partial charge in [0, 0.05) is 0 Å². The number of fused-ring (bicyclic) bond motifs is 1. The van der Waals surface area contributed by atoms with Crippen molar-refractivity contribution >= 4 is 32.6 Å². The number of amides is 1. The van der Waals surface area contributed by atoms with Crippen LogP contribution in [0.4, 0.5) is 5.13 Å². The van der Waals surface area contributed by atoms with Crippen molar-refractivity contribution in [3.63, 3.8) is 0 Å². The van der Waals surface area contributed by atoms with E-state index in [-0.39, 0.29) is 5.91 Å². The molecule has 0 aliphatic heterocycles. The topological polar surface area (TPSA) is 51.2 Å². The fourth-order valence-electron chi connectivity index (χ4n) is 2.51. The number of para-hydroxylation sites is 1. The van der Waals surface area contributed by atoms with E-state index in [1.807, 2.05) is 30.3 Å². The summed E-state index contributed by atoms with van der Waals surface area (Å²) in [7, 11) is 1.62. The van der Waals surface area contributed by atoms with Gasteiger partial charge in [-0.15, -0.1) is 0 Å². The van der Waals surface area contributed by atoms with Crippen LogP contribution in [0, 0.1) is 0 Å². The van der Waals surface area contributed by atoms with E-state index in [1.54, 1.807) is 7.11 Å². The zero-order valence-corrected chi connectivity index (χ0v) is 14.8. The van der Waals surface area contributed by atoms with Gasteiger partial charge in [0.05, 0.1) is 18.2 Å². The first-order valence-corrected chi connectivity index (χ1v) is 8.70. The smallest absolute Gasteiger partial charge is 0.230 e. The summed E-state index contributed by atoms with van der Waals surface area (Å²) in [6.07, 6.45) is 0.339. The molecule has 0 aliphatic carbocycles. The van der Waals surface area contributed by atoms with Crippen molar-refractivity contribution in [2.45, 2.75) is 26.2 Å². The Morgan fingerprint density at radius 2 is 1.96 bits per heavy atom. The predicted molar refractivity (Wildman–Crippen MR) is 99.0 cm³/mol. The number of carbonyl (C=O) groups is 1. The average Bonchev–Trinajstić information content (AvgIpc) is 2.97. The van der Waals surface area contributed by atoms with Crippen LogP contribution in [-0.2, 0) is 11.2 Å². The molecule has 1 N–H and O–H groups in total. The molecule has 5 heteroatoms. The molecular weight excluding hydrogens is 320 g/mol. The van der Waals surface area contributed by atoms with Crippen LogP contribution in [0.5, 0.6) is 5.75 Å². The number of aromatic nitrogens is 1. The summed E-state index contributed by atoms with van der Waals surface area (Å²) in [5.41, 5.74) is 3.05. The maximum Gasteiger partial charge on any atom is 0.230 e. The molecule has 1 aromatic heterocycles. The highest BCUT2D eigenvalue weighted by Gasteiger charge is 2.11. The first-order valence-electron chi connectivity index (χ1n) is 7.89. The number of nitrogens with one attached hydrogen (secondary N) is 1. The summed E-state index contributed by atoms with van der Waals surface area (Å²) < 4.78 is 6.29. The van der Waals surface area contributed by atoms with Crippen LogP contribution in [0.15, 0.2) is 42.5 Å². The highest BCUT2D eigenvalue weighted by Crippen LogP contribution is 2.32. The molecular formula is C19H20N2O2S. The van der Waals surface area contributed by atoms with Crippen molar-refractivity contribution < 1.29 is 9.53 Å². The Morgan fingerprint density at radius 1 is 1.21 bits per heavy atom. The normalized spacial score (nSPS) is 11.0. The SMILES string of the molecule is COc1cccc2sc(NC(=O)Cc3ccc(C(C)C)cc3)nc12. The number of anilines is 1. The van der Waals surface area contributed by atoms with E-state index in [1.165, 1.54) is 16.9 Å². The summed E-state index contributed by atoms with van der Waals surface area (Å²) in [6.45, 7) is 4.31. The van der Waals surface area contributed by atoms with E-state index in [4.69, 9.17) is 4.74 Å². The monoisotopic (exact) mass is 340 g/mol. The lowest BCUT2D eigenvalue weighted by molar-refractivity contribution is -0.115. The van der Waals surface area contributed by atoms with Gasteiger partial charge in [-0.25, -0.2) is 4.98 Å². The standard InChI is InChI=1S/C19H20N2O2S/c1-12(2)14-9-7-13(8-10-14)11-17(22)20-19-21-18-15(23-3)5-4-6-16(18)24-19/h4-10,12H,11H2,1-3H3,(H,20,21,22). The van der Waals surface area contributed by atoms with Gasteiger partial charge in [-0.05, 0) is 29.2 Å². The van der Waals surface area contributed by atoms with Gasteiger partial charge in [0.1, 0.15) is 11.3 Å². The van der Waals surface area contributed by atoms with E-state index >= 15 is 0 Å². The Bertz CT molecular complexity index is 853. The molecule has 24 heavy (non-hydrogen) atoms. The number of ether oxygens (including phenoxy) is 1. The largest absolute Gasteiger partial charge is 0.494 e. The number of carbonyl (C=O) groups excluding carboxylic acids is 1. The molecule has 2 aromatic carbocycles. The lowest BCUT2D eigenvalue weighted by atomic mass is 10.0. The minimum absolute atomic E-state index is 0.0645. The molecule has 3 rings (SSSR count). The summed E-state index contributed by atoms with van der Waals surface area (Å²) in [5, 5.41) is 3.48. The van der Waals surface area contributed by atoms with E-state index < -0.39 is 0 Å². The first-order chi connectivity index (χ1) is 11.6. The third-order valence-corrected chi connectivity index (χ3v) is 4.80. The molecule has 0 aliphatic rings. The van der Waals surface area contributed by atoms with Gasteiger partial charge >= 0.3 is 0 Å². The second kappa shape index (κ2) is 7.01. The Labute approximate surface area is 145 Å². The highest BCUT2D eigenvalue weighted by atomic mass is 32.1. The minimum Gasteiger partial charge on any atom is -0.494 e. The van der Waals surface area contributed by atoms with E-state index in [0.717, 1.165) is 15.8 Å². The maximum atomic E-state index is 12.3. The minimum atomic E-state index is -0.0645. The molecule has 0 fully saturated rings. The number of methoxy groups -OCH3 is 1. The number of rotatable bonds is 5. The molecule has 0 saturated heterocycles. The van der Waals surface area contributed by atoms with Gasteiger partial charge in [0.15, 0.2) is 5.13 Å². The van der Waals surface area contributed by atoms with Crippen molar-refractivity contribution in [2.24, 2.45) is 0 Å². The van der Waals surface area contributed by atoms with Crippen LogP contribution < -0.4 is 10.1 Å². The average molecular weight is 340 g/mol. The van der Waals surface area contributed by atoms with Gasteiger partial charge in [-0.1, -0.05) is 55.5 Å². The molecule has 3 aromatic rings. The van der Waals surface area contributed by atoms with Crippen molar-refractivity contribution in [1.82, 2.24) is 4.98 Å². The molecule has 1 heterocycles. The summed E-state index contributed by atoms with van der Waals surface area (Å²) in [5.74, 6) is 1.14. The second-order valence-corrected chi connectivity index (χ2v) is 6.98. The lowest BCUT2D eigenvalue weighted by Crippen LogP contribution is -2.14. The molecule has 124 valence electrons. The van der Waals surface area contributed by atoms with Gasteiger partial charge in [-0.2, -0.15) is 0 Å². The maximum absolute atomic E-state index is 12.3. The second-order valence-electron chi connectivity index (χ2n) is 5.95.